The van der Waals surface area contributed by atoms with Crippen LogP contribution >= 0.6 is 0 Å². The van der Waals surface area contributed by atoms with Gasteiger partial charge in [-0.1, -0.05) is 30.3 Å². The van der Waals surface area contributed by atoms with E-state index in [1.807, 2.05) is 44.2 Å². The number of carbonyl (C=O) groups is 2. The minimum Gasteiger partial charge on any atom is -0.497 e. The van der Waals surface area contributed by atoms with Crippen LogP contribution in [0.4, 0.5) is 5.69 Å². The van der Waals surface area contributed by atoms with Crippen LogP contribution in [-0.2, 0) is 26.2 Å². The van der Waals surface area contributed by atoms with Crippen LogP contribution in [0.15, 0.2) is 48.5 Å². The fourth-order valence-electron chi connectivity index (χ4n) is 3.35. The maximum atomic E-state index is 13.5. The molecule has 0 bridgehead atoms. The summed E-state index contributed by atoms with van der Waals surface area (Å²) in [5.41, 5.74) is 0.974. The number of hydrogen-bond donors (Lipinski definition) is 1. The second kappa shape index (κ2) is 11.7. The number of rotatable bonds is 11. The molecule has 0 aliphatic heterocycles. The third-order valence-electron chi connectivity index (χ3n) is 5.13. The van der Waals surface area contributed by atoms with Gasteiger partial charge in [0.05, 0.1) is 26.2 Å². The van der Waals surface area contributed by atoms with E-state index in [0.29, 0.717) is 5.75 Å². The molecule has 0 saturated carbocycles. The number of hydrogen-bond acceptors (Lipinski definition) is 6. The Hall–Kier alpha value is -3.27. The molecule has 10 heteroatoms. The first-order valence-corrected chi connectivity index (χ1v) is 12.7. The SMILES string of the molecule is COc1ccc(OC)c(N(CC(=O)N(Cc2ccccc2)[C@H](C)C(=O)NC(C)C)S(C)(=O)=O)c1. The van der Waals surface area contributed by atoms with Crippen molar-refractivity contribution < 1.29 is 27.5 Å². The Morgan fingerprint density at radius 1 is 1.00 bits per heavy atom. The van der Waals surface area contributed by atoms with E-state index in [9.17, 15) is 18.0 Å². The molecule has 0 heterocycles. The van der Waals surface area contributed by atoms with Crippen molar-refractivity contribution in [1.29, 1.82) is 0 Å². The highest BCUT2D eigenvalue weighted by molar-refractivity contribution is 7.92. The molecule has 2 aromatic rings. The summed E-state index contributed by atoms with van der Waals surface area (Å²) in [7, 11) is -1.03. The molecule has 2 aromatic carbocycles. The smallest absolute Gasteiger partial charge is 0.244 e. The van der Waals surface area contributed by atoms with Gasteiger partial charge in [-0.25, -0.2) is 8.42 Å². The molecule has 0 aliphatic carbocycles. The Morgan fingerprint density at radius 3 is 2.18 bits per heavy atom. The molecule has 0 aliphatic rings. The summed E-state index contributed by atoms with van der Waals surface area (Å²) in [6.07, 6.45) is 1.01. The molecule has 9 nitrogen and oxygen atoms in total. The van der Waals surface area contributed by atoms with Gasteiger partial charge in [-0.2, -0.15) is 0 Å². The monoisotopic (exact) mass is 491 g/mol. The first-order valence-electron chi connectivity index (χ1n) is 10.8. The number of methoxy groups -OCH3 is 2. The summed E-state index contributed by atoms with van der Waals surface area (Å²) in [6, 6.07) is 12.9. The van der Waals surface area contributed by atoms with Crippen molar-refractivity contribution in [3.8, 4) is 11.5 Å². The zero-order valence-corrected chi connectivity index (χ0v) is 21.3. The van der Waals surface area contributed by atoms with Crippen molar-refractivity contribution in [1.82, 2.24) is 10.2 Å². The lowest BCUT2D eigenvalue weighted by Crippen LogP contribution is -2.52. The molecule has 0 saturated heterocycles. The standard InChI is InChI=1S/C24H33N3O6S/c1-17(2)25-24(29)18(3)26(15-19-10-8-7-9-11-19)23(28)16-27(34(6,30)31)21-14-20(32-4)12-13-22(21)33-5/h7-14,17-18H,15-16H2,1-6H3,(H,25,29)/t18-/m1/s1. The third-order valence-corrected chi connectivity index (χ3v) is 6.25. The first-order chi connectivity index (χ1) is 16.0. The van der Waals surface area contributed by atoms with Crippen molar-refractivity contribution in [3.63, 3.8) is 0 Å². The number of benzene rings is 2. The fraction of sp³-hybridized carbons (Fsp3) is 0.417. The lowest BCUT2D eigenvalue weighted by atomic mass is 10.1. The normalized spacial score (nSPS) is 12.1. The van der Waals surface area contributed by atoms with E-state index in [4.69, 9.17) is 9.47 Å². The number of anilines is 1. The van der Waals surface area contributed by atoms with Crippen molar-refractivity contribution in [3.05, 3.63) is 54.1 Å². The second-order valence-electron chi connectivity index (χ2n) is 8.15. The molecule has 0 fully saturated rings. The number of carbonyl (C=O) groups excluding carboxylic acids is 2. The molecule has 2 amide bonds. The zero-order valence-electron chi connectivity index (χ0n) is 20.4. The predicted octanol–water partition coefficient (Wildman–Crippen LogP) is 2.41. The summed E-state index contributed by atoms with van der Waals surface area (Å²) in [4.78, 5) is 27.7. The highest BCUT2D eigenvalue weighted by Gasteiger charge is 2.31. The molecule has 34 heavy (non-hydrogen) atoms. The van der Waals surface area contributed by atoms with Crippen LogP contribution in [0.25, 0.3) is 0 Å². The van der Waals surface area contributed by atoms with E-state index >= 15 is 0 Å². The van der Waals surface area contributed by atoms with Gasteiger partial charge >= 0.3 is 0 Å². The van der Waals surface area contributed by atoms with Gasteiger partial charge in [-0.05, 0) is 38.5 Å². The lowest BCUT2D eigenvalue weighted by Gasteiger charge is -2.32. The molecule has 0 spiro atoms. The maximum absolute atomic E-state index is 13.5. The number of nitrogens with one attached hydrogen (secondary N) is 1. The van der Waals surface area contributed by atoms with Crippen LogP contribution in [0.5, 0.6) is 11.5 Å². The van der Waals surface area contributed by atoms with Gasteiger partial charge in [-0.15, -0.1) is 0 Å². The summed E-state index contributed by atoms with van der Waals surface area (Å²) in [5, 5.41) is 2.81. The summed E-state index contributed by atoms with van der Waals surface area (Å²) >= 11 is 0. The highest BCUT2D eigenvalue weighted by Crippen LogP contribution is 2.33. The zero-order chi connectivity index (χ0) is 25.5. The molecule has 2 rings (SSSR count). The van der Waals surface area contributed by atoms with Crippen molar-refractivity contribution >= 4 is 27.5 Å². The van der Waals surface area contributed by atoms with Crippen LogP contribution < -0.4 is 19.1 Å². The average Bonchev–Trinajstić information content (AvgIpc) is 2.79. The van der Waals surface area contributed by atoms with Gasteiger partial charge in [-0.3, -0.25) is 13.9 Å². The molecule has 0 radical (unpaired) electrons. The predicted molar refractivity (Wildman–Crippen MR) is 131 cm³/mol. The molecule has 1 N–H and O–H groups in total. The van der Waals surface area contributed by atoms with E-state index in [1.165, 1.54) is 25.2 Å². The van der Waals surface area contributed by atoms with Gasteiger partial charge in [0.15, 0.2) is 0 Å². The van der Waals surface area contributed by atoms with E-state index in [1.54, 1.807) is 19.1 Å². The van der Waals surface area contributed by atoms with Crippen molar-refractivity contribution in [2.45, 2.75) is 39.4 Å². The Bertz CT molecular complexity index is 1090. The van der Waals surface area contributed by atoms with Crippen molar-refractivity contribution in [2.24, 2.45) is 0 Å². The van der Waals surface area contributed by atoms with Gasteiger partial charge in [0.25, 0.3) is 0 Å². The van der Waals surface area contributed by atoms with Crippen LogP contribution in [0.1, 0.15) is 26.3 Å². The number of nitrogens with zero attached hydrogens (tertiary/aromatic N) is 2. The number of sulfonamides is 1. The van der Waals surface area contributed by atoms with E-state index in [0.717, 1.165) is 16.1 Å². The quantitative estimate of drug-likeness (QED) is 0.518. The van der Waals surface area contributed by atoms with Crippen LogP contribution in [0, 0.1) is 0 Å². The van der Waals surface area contributed by atoms with Gasteiger partial charge < -0.3 is 19.7 Å². The van der Waals surface area contributed by atoms with Gasteiger partial charge in [0, 0.05) is 18.7 Å². The third kappa shape index (κ3) is 7.11. The topological polar surface area (TPSA) is 105 Å². The molecular weight excluding hydrogens is 458 g/mol. The van der Waals surface area contributed by atoms with E-state index in [2.05, 4.69) is 5.32 Å². The van der Waals surface area contributed by atoms with Crippen LogP contribution in [0.2, 0.25) is 0 Å². The number of amides is 2. The average molecular weight is 492 g/mol. The Balaban J connectivity index is 2.46. The minimum atomic E-state index is -3.89. The maximum Gasteiger partial charge on any atom is 0.244 e. The number of ether oxygens (including phenoxy) is 2. The molecule has 1 atom stereocenters. The van der Waals surface area contributed by atoms with Gasteiger partial charge in [0.2, 0.25) is 21.8 Å². The highest BCUT2D eigenvalue weighted by atomic mass is 32.2. The molecule has 0 aromatic heterocycles. The first kappa shape index (κ1) is 27.0. The summed E-state index contributed by atoms with van der Waals surface area (Å²) in [5.74, 6) is -0.198. The largest absolute Gasteiger partial charge is 0.497 e. The van der Waals surface area contributed by atoms with Crippen LogP contribution in [-0.4, -0.2) is 64.2 Å². The lowest BCUT2D eigenvalue weighted by molar-refractivity contribution is -0.139. The molecular formula is C24H33N3O6S. The Kier molecular flexibility index (Phi) is 9.31. The summed E-state index contributed by atoms with van der Waals surface area (Å²) in [6.45, 7) is 4.89. The van der Waals surface area contributed by atoms with E-state index in [-0.39, 0.29) is 29.9 Å². The van der Waals surface area contributed by atoms with Crippen LogP contribution in [0.3, 0.4) is 0 Å². The Morgan fingerprint density at radius 2 is 1.65 bits per heavy atom. The Labute approximate surface area is 201 Å². The summed E-state index contributed by atoms with van der Waals surface area (Å²) < 4.78 is 37.0. The fourth-order valence-corrected chi connectivity index (χ4v) is 4.20. The molecule has 0 unspecified atom stereocenters. The second-order valence-corrected chi connectivity index (χ2v) is 10.1. The molecule has 186 valence electrons. The minimum absolute atomic E-state index is 0.114. The van der Waals surface area contributed by atoms with E-state index < -0.39 is 28.5 Å². The van der Waals surface area contributed by atoms with Gasteiger partial charge in [0.1, 0.15) is 24.1 Å². The van der Waals surface area contributed by atoms with Crippen molar-refractivity contribution in [2.75, 3.05) is 31.3 Å².